The minimum atomic E-state index is -0.314. The van der Waals surface area contributed by atoms with Gasteiger partial charge in [-0.1, -0.05) is 53.8 Å². The SMILES string of the molecule is CCCc1nnc(NC(=O)c2nnn(Cc3ccccc3)c2C)s1. The first-order valence-electron chi connectivity index (χ1n) is 7.75. The summed E-state index contributed by atoms with van der Waals surface area (Å²) in [5.74, 6) is -0.314. The minimum Gasteiger partial charge on any atom is -0.295 e. The molecule has 2 aromatic heterocycles. The van der Waals surface area contributed by atoms with Gasteiger partial charge in [-0.25, -0.2) is 4.68 Å². The Balaban J connectivity index is 1.71. The molecular formula is C16H18N6OS. The third kappa shape index (κ3) is 3.65. The van der Waals surface area contributed by atoms with Gasteiger partial charge >= 0.3 is 0 Å². The average Bonchev–Trinajstić information content (AvgIpc) is 3.16. The summed E-state index contributed by atoms with van der Waals surface area (Å²) >= 11 is 1.39. The van der Waals surface area contributed by atoms with E-state index in [9.17, 15) is 4.79 Å². The molecule has 2 heterocycles. The number of aryl methyl sites for hydroxylation is 1. The first-order chi connectivity index (χ1) is 11.7. The van der Waals surface area contributed by atoms with Crippen LogP contribution < -0.4 is 5.32 Å². The molecule has 1 amide bonds. The summed E-state index contributed by atoms with van der Waals surface area (Å²) < 4.78 is 1.72. The molecule has 0 saturated heterocycles. The summed E-state index contributed by atoms with van der Waals surface area (Å²) in [6.07, 6.45) is 1.86. The number of benzene rings is 1. The summed E-state index contributed by atoms with van der Waals surface area (Å²) in [7, 11) is 0. The van der Waals surface area contributed by atoms with Gasteiger partial charge in [-0.2, -0.15) is 0 Å². The van der Waals surface area contributed by atoms with Crippen molar-refractivity contribution in [2.75, 3.05) is 5.32 Å². The standard InChI is InChI=1S/C16H18N6OS/c1-3-7-13-18-20-16(24-13)17-15(23)14-11(2)22(21-19-14)10-12-8-5-4-6-9-12/h4-6,8-9H,3,7,10H2,1-2H3,(H,17,20,23). The summed E-state index contributed by atoms with van der Waals surface area (Å²) in [5.41, 5.74) is 2.12. The van der Waals surface area contributed by atoms with Gasteiger partial charge in [0.1, 0.15) is 5.01 Å². The van der Waals surface area contributed by atoms with Gasteiger partial charge in [0.25, 0.3) is 5.91 Å². The largest absolute Gasteiger partial charge is 0.295 e. The molecule has 0 bridgehead atoms. The zero-order valence-electron chi connectivity index (χ0n) is 13.6. The van der Waals surface area contributed by atoms with Gasteiger partial charge in [-0.05, 0) is 18.9 Å². The predicted octanol–water partition coefficient (Wildman–Crippen LogP) is 2.69. The van der Waals surface area contributed by atoms with E-state index in [1.807, 2.05) is 37.3 Å². The topological polar surface area (TPSA) is 85.6 Å². The van der Waals surface area contributed by atoms with Crippen LogP contribution in [0.15, 0.2) is 30.3 Å². The van der Waals surface area contributed by atoms with Gasteiger partial charge in [0.2, 0.25) is 5.13 Å². The molecule has 0 fully saturated rings. The van der Waals surface area contributed by atoms with Crippen molar-refractivity contribution in [1.82, 2.24) is 25.2 Å². The van der Waals surface area contributed by atoms with Crippen molar-refractivity contribution in [2.24, 2.45) is 0 Å². The first kappa shape index (κ1) is 16.3. The molecule has 3 aromatic rings. The number of hydrogen-bond donors (Lipinski definition) is 1. The lowest BCUT2D eigenvalue weighted by Crippen LogP contribution is -2.14. The van der Waals surface area contributed by atoms with Gasteiger partial charge in [0.15, 0.2) is 5.69 Å². The number of carbonyl (C=O) groups is 1. The van der Waals surface area contributed by atoms with Crippen LogP contribution in [-0.4, -0.2) is 31.1 Å². The Morgan fingerprint density at radius 2 is 2.00 bits per heavy atom. The van der Waals surface area contributed by atoms with Crippen molar-refractivity contribution >= 4 is 22.4 Å². The lowest BCUT2D eigenvalue weighted by atomic mass is 10.2. The van der Waals surface area contributed by atoms with Crippen LogP contribution >= 0.6 is 11.3 Å². The quantitative estimate of drug-likeness (QED) is 0.744. The van der Waals surface area contributed by atoms with E-state index in [-0.39, 0.29) is 5.91 Å². The van der Waals surface area contributed by atoms with Crippen molar-refractivity contribution in [2.45, 2.75) is 33.2 Å². The Morgan fingerprint density at radius 3 is 2.75 bits per heavy atom. The summed E-state index contributed by atoms with van der Waals surface area (Å²) in [4.78, 5) is 12.4. The summed E-state index contributed by atoms with van der Waals surface area (Å²) in [6, 6.07) is 9.93. The van der Waals surface area contributed by atoms with Crippen LogP contribution in [0.25, 0.3) is 0 Å². The van der Waals surface area contributed by atoms with Crippen LogP contribution in [0.1, 0.15) is 40.1 Å². The van der Waals surface area contributed by atoms with Crippen LogP contribution in [0.4, 0.5) is 5.13 Å². The molecule has 7 nitrogen and oxygen atoms in total. The molecule has 0 aliphatic rings. The number of hydrogen-bond acceptors (Lipinski definition) is 6. The highest BCUT2D eigenvalue weighted by Crippen LogP contribution is 2.18. The number of nitrogens with one attached hydrogen (secondary N) is 1. The molecule has 0 aliphatic heterocycles. The molecule has 24 heavy (non-hydrogen) atoms. The maximum Gasteiger partial charge on any atom is 0.279 e. The van der Waals surface area contributed by atoms with E-state index < -0.39 is 0 Å². The maximum absolute atomic E-state index is 12.4. The van der Waals surface area contributed by atoms with Crippen LogP contribution in [0.5, 0.6) is 0 Å². The van der Waals surface area contributed by atoms with E-state index in [0.29, 0.717) is 17.4 Å². The van der Waals surface area contributed by atoms with Crippen LogP contribution in [-0.2, 0) is 13.0 Å². The molecule has 8 heteroatoms. The van der Waals surface area contributed by atoms with Crippen LogP contribution in [0.3, 0.4) is 0 Å². The van der Waals surface area contributed by atoms with E-state index in [1.165, 1.54) is 11.3 Å². The third-order valence-corrected chi connectivity index (χ3v) is 4.42. The number of aromatic nitrogens is 5. The molecule has 0 saturated carbocycles. The summed E-state index contributed by atoms with van der Waals surface area (Å²) in [5, 5.41) is 20.3. The maximum atomic E-state index is 12.4. The second-order valence-corrected chi connectivity index (χ2v) is 6.43. The van der Waals surface area contributed by atoms with E-state index in [2.05, 4.69) is 32.7 Å². The summed E-state index contributed by atoms with van der Waals surface area (Å²) in [6.45, 7) is 4.49. The molecule has 1 aromatic carbocycles. The van der Waals surface area contributed by atoms with E-state index >= 15 is 0 Å². The van der Waals surface area contributed by atoms with Crippen molar-refractivity contribution in [1.29, 1.82) is 0 Å². The Hall–Kier alpha value is -2.61. The average molecular weight is 342 g/mol. The highest BCUT2D eigenvalue weighted by molar-refractivity contribution is 7.15. The van der Waals surface area contributed by atoms with Gasteiger partial charge in [0.05, 0.1) is 12.2 Å². The number of amides is 1. The van der Waals surface area contributed by atoms with Gasteiger partial charge in [-0.3, -0.25) is 10.1 Å². The smallest absolute Gasteiger partial charge is 0.279 e. The number of rotatable bonds is 6. The molecule has 0 atom stereocenters. The Morgan fingerprint density at radius 1 is 1.21 bits per heavy atom. The predicted molar refractivity (Wildman–Crippen MR) is 92.2 cm³/mol. The fourth-order valence-corrected chi connectivity index (χ4v) is 3.09. The Labute approximate surface area is 143 Å². The molecule has 0 aliphatic carbocycles. The molecule has 0 radical (unpaired) electrons. The molecule has 0 unspecified atom stereocenters. The van der Waals surface area contributed by atoms with Crippen molar-refractivity contribution in [3.05, 3.63) is 52.3 Å². The normalized spacial score (nSPS) is 10.8. The fraction of sp³-hybridized carbons (Fsp3) is 0.312. The van der Waals surface area contributed by atoms with E-state index in [1.54, 1.807) is 4.68 Å². The first-order valence-corrected chi connectivity index (χ1v) is 8.56. The molecule has 1 N–H and O–H groups in total. The van der Waals surface area contributed by atoms with Gasteiger partial charge in [-0.15, -0.1) is 15.3 Å². The van der Waals surface area contributed by atoms with Crippen molar-refractivity contribution < 1.29 is 4.79 Å². The molecule has 3 rings (SSSR count). The highest BCUT2D eigenvalue weighted by Gasteiger charge is 2.18. The molecule has 124 valence electrons. The third-order valence-electron chi connectivity index (χ3n) is 3.52. The van der Waals surface area contributed by atoms with Gasteiger partial charge < -0.3 is 0 Å². The zero-order chi connectivity index (χ0) is 16.9. The Bertz CT molecular complexity index is 826. The fourth-order valence-electron chi connectivity index (χ4n) is 2.25. The zero-order valence-corrected chi connectivity index (χ0v) is 14.4. The Kier molecular flexibility index (Phi) is 4.95. The molecule has 0 spiro atoms. The molecular weight excluding hydrogens is 324 g/mol. The highest BCUT2D eigenvalue weighted by atomic mass is 32.1. The second-order valence-electron chi connectivity index (χ2n) is 5.37. The van der Waals surface area contributed by atoms with Crippen LogP contribution in [0.2, 0.25) is 0 Å². The lowest BCUT2D eigenvalue weighted by Gasteiger charge is -2.03. The van der Waals surface area contributed by atoms with Crippen molar-refractivity contribution in [3.8, 4) is 0 Å². The number of carbonyl (C=O) groups excluding carboxylic acids is 1. The number of nitrogens with zero attached hydrogens (tertiary/aromatic N) is 5. The van der Waals surface area contributed by atoms with Crippen molar-refractivity contribution in [3.63, 3.8) is 0 Å². The number of anilines is 1. The van der Waals surface area contributed by atoms with E-state index in [0.717, 1.165) is 29.1 Å². The lowest BCUT2D eigenvalue weighted by molar-refractivity contribution is 0.102. The monoisotopic (exact) mass is 342 g/mol. The van der Waals surface area contributed by atoms with E-state index in [4.69, 9.17) is 0 Å². The van der Waals surface area contributed by atoms with Gasteiger partial charge in [0, 0.05) is 6.42 Å². The van der Waals surface area contributed by atoms with Crippen LogP contribution in [0, 0.1) is 6.92 Å². The minimum absolute atomic E-state index is 0.304. The second kappa shape index (κ2) is 7.31.